The molecule has 1 aromatic carbocycles. The van der Waals surface area contributed by atoms with Gasteiger partial charge in [-0.15, -0.1) is 0 Å². The molecule has 19 heavy (non-hydrogen) atoms. The first-order valence-corrected chi connectivity index (χ1v) is 6.99. The van der Waals surface area contributed by atoms with Crippen molar-refractivity contribution < 1.29 is 14.3 Å². The molecule has 1 amide bonds. The molecular formula is C14H19BrFNO2. The van der Waals surface area contributed by atoms with Crippen LogP contribution >= 0.6 is 15.9 Å². The largest absolute Gasteiger partial charge is 0.396 e. The van der Waals surface area contributed by atoms with E-state index in [1.165, 1.54) is 12.1 Å². The molecule has 3 nitrogen and oxygen atoms in total. The molecule has 0 aliphatic carbocycles. The topological polar surface area (TPSA) is 49.3 Å². The summed E-state index contributed by atoms with van der Waals surface area (Å²) in [7, 11) is 0. The van der Waals surface area contributed by atoms with Crippen LogP contribution in [0.25, 0.3) is 0 Å². The zero-order chi connectivity index (χ0) is 14.5. The molecule has 0 aliphatic heterocycles. The third kappa shape index (κ3) is 5.28. The van der Waals surface area contributed by atoms with Crippen molar-refractivity contribution in [2.45, 2.75) is 26.7 Å². The third-order valence-corrected chi connectivity index (χ3v) is 3.41. The minimum absolute atomic E-state index is 0.0427. The molecule has 0 spiro atoms. The summed E-state index contributed by atoms with van der Waals surface area (Å²) in [6.07, 6.45) is 1.49. The third-order valence-electron chi connectivity index (χ3n) is 2.91. The van der Waals surface area contributed by atoms with Crippen molar-refractivity contribution >= 4 is 21.8 Å². The standard InChI is InChI=1S/C14H19BrFNO2/c1-14(2,6-3-7-18)9-17-13(19)11-5-4-10(15)8-12(11)16/h4-5,8,18H,3,6-7,9H2,1-2H3,(H,17,19). The average molecular weight is 332 g/mol. The molecule has 0 bridgehead atoms. The van der Waals surface area contributed by atoms with Gasteiger partial charge in [-0.1, -0.05) is 29.8 Å². The Kier molecular flexibility index (Phi) is 5.94. The summed E-state index contributed by atoms with van der Waals surface area (Å²) in [4.78, 5) is 11.9. The Morgan fingerprint density at radius 3 is 2.74 bits per heavy atom. The van der Waals surface area contributed by atoms with Crippen LogP contribution in [-0.2, 0) is 0 Å². The van der Waals surface area contributed by atoms with Crippen LogP contribution in [0.15, 0.2) is 22.7 Å². The van der Waals surface area contributed by atoms with E-state index in [0.29, 0.717) is 17.4 Å². The molecule has 0 heterocycles. The number of halogens is 2. The van der Waals surface area contributed by atoms with Gasteiger partial charge in [0, 0.05) is 17.6 Å². The van der Waals surface area contributed by atoms with Crippen molar-refractivity contribution in [2.75, 3.05) is 13.2 Å². The predicted molar refractivity (Wildman–Crippen MR) is 76.5 cm³/mol. The van der Waals surface area contributed by atoms with Gasteiger partial charge in [-0.2, -0.15) is 0 Å². The van der Waals surface area contributed by atoms with Gasteiger partial charge in [0.2, 0.25) is 0 Å². The fourth-order valence-electron chi connectivity index (χ4n) is 1.73. The van der Waals surface area contributed by atoms with E-state index in [2.05, 4.69) is 21.2 Å². The molecule has 0 unspecified atom stereocenters. The molecule has 2 N–H and O–H groups in total. The molecule has 0 saturated carbocycles. The van der Waals surface area contributed by atoms with Crippen molar-refractivity contribution in [3.63, 3.8) is 0 Å². The summed E-state index contributed by atoms with van der Waals surface area (Å²) in [5, 5.41) is 11.5. The maximum atomic E-state index is 13.6. The Morgan fingerprint density at radius 2 is 2.16 bits per heavy atom. The molecule has 106 valence electrons. The molecule has 0 atom stereocenters. The second-order valence-electron chi connectivity index (χ2n) is 5.30. The molecule has 0 aliphatic rings. The summed E-state index contributed by atoms with van der Waals surface area (Å²) in [6, 6.07) is 4.36. The first-order valence-electron chi connectivity index (χ1n) is 6.20. The first-order chi connectivity index (χ1) is 8.85. The van der Waals surface area contributed by atoms with Gasteiger partial charge in [-0.25, -0.2) is 4.39 Å². The number of benzene rings is 1. The van der Waals surface area contributed by atoms with Gasteiger partial charge in [-0.05, 0) is 36.5 Å². The number of amides is 1. The summed E-state index contributed by atoms with van der Waals surface area (Å²) in [5.74, 6) is -0.956. The smallest absolute Gasteiger partial charge is 0.254 e. The van der Waals surface area contributed by atoms with Gasteiger partial charge in [0.25, 0.3) is 5.91 Å². The molecule has 0 fully saturated rings. The molecular weight excluding hydrogens is 313 g/mol. The van der Waals surface area contributed by atoms with E-state index in [9.17, 15) is 9.18 Å². The van der Waals surface area contributed by atoms with Crippen molar-refractivity contribution in [3.8, 4) is 0 Å². The molecule has 1 rings (SSSR count). The zero-order valence-corrected chi connectivity index (χ0v) is 12.8. The lowest BCUT2D eigenvalue weighted by Gasteiger charge is -2.24. The highest BCUT2D eigenvalue weighted by Gasteiger charge is 2.20. The molecule has 5 heteroatoms. The summed E-state index contributed by atoms with van der Waals surface area (Å²) < 4.78 is 14.2. The molecule has 0 saturated heterocycles. The first kappa shape index (κ1) is 16.1. The minimum Gasteiger partial charge on any atom is -0.396 e. The van der Waals surface area contributed by atoms with Crippen LogP contribution in [0.2, 0.25) is 0 Å². The number of carbonyl (C=O) groups excluding carboxylic acids is 1. The quantitative estimate of drug-likeness (QED) is 0.841. The second-order valence-corrected chi connectivity index (χ2v) is 6.21. The highest BCUT2D eigenvalue weighted by atomic mass is 79.9. The summed E-state index contributed by atoms with van der Waals surface area (Å²) >= 11 is 3.15. The van der Waals surface area contributed by atoms with Gasteiger partial charge in [-0.3, -0.25) is 4.79 Å². The molecule has 0 radical (unpaired) electrons. The molecule has 0 aromatic heterocycles. The highest BCUT2D eigenvalue weighted by Crippen LogP contribution is 2.21. The monoisotopic (exact) mass is 331 g/mol. The van der Waals surface area contributed by atoms with E-state index in [1.807, 2.05) is 13.8 Å². The van der Waals surface area contributed by atoms with Crippen molar-refractivity contribution in [3.05, 3.63) is 34.1 Å². The van der Waals surface area contributed by atoms with Gasteiger partial charge in [0.05, 0.1) is 5.56 Å². The van der Waals surface area contributed by atoms with Gasteiger partial charge in [0.1, 0.15) is 5.82 Å². The number of carbonyl (C=O) groups is 1. The number of nitrogens with one attached hydrogen (secondary N) is 1. The van der Waals surface area contributed by atoms with Crippen molar-refractivity contribution in [1.82, 2.24) is 5.32 Å². The van der Waals surface area contributed by atoms with Gasteiger partial charge in [0.15, 0.2) is 0 Å². The number of aliphatic hydroxyl groups excluding tert-OH is 1. The van der Waals surface area contributed by atoms with Crippen LogP contribution in [0.1, 0.15) is 37.0 Å². The zero-order valence-electron chi connectivity index (χ0n) is 11.2. The van der Waals surface area contributed by atoms with Gasteiger partial charge < -0.3 is 10.4 Å². The normalized spacial score (nSPS) is 11.4. The van der Waals surface area contributed by atoms with Crippen LogP contribution < -0.4 is 5.32 Å². The number of aliphatic hydroxyl groups is 1. The minimum atomic E-state index is -0.542. The lowest BCUT2D eigenvalue weighted by atomic mass is 9.88. The number of rotatable bonds is 6. The Balaban J connectivity index is 2.60. The van der Waals surface area contributed by atoms with Crippen molar-refractivity contribution in [1.29, 1.82) is 0 Å². The summed E-state index contributed by atoms with van der Waals surface area (Å²) in [5.41, 5.74) is -0.0781. The van der Waals surface area contributed by atoms with E-state index in [0.717, 1.165) is 6.42 Å². The fraction of sp³-hybridized carbons (Fsp3) is 0.500. The van der Waals surface area contributed by atoms with Crippen LogP contribution in [0, 0.1) is 11.2 Å². The van der Waals surface area contributed by atoms with E-state index in [1.54, 1.807) is 6.07 Å². The lowest BCUT2D eigenvalue weighted by molar-refractivity contribution is 0.0929. The van der Waals surface area contributed by atoms with Crippen LogP contribution in [0.4, 0.5) is 4.39 Å². The maximum Gasteiger partial charge on any atom is 0.254 e. The average Bonchev–Trinajstić information content (AvgIpc) is 2.34. The van der Waals surface area contributed by atoms with Gasteiger partial charge >= 0.3 is 0 Å². The Morgan fingerprint density at radius 1 is 1.47 bits per heavy atom. The highest BCUT2D eigenvalue weighted by molar-refractivity contribution is 9.10. The van der Waals surface area contributed by atoms with E-state index in [-0.39, 0.29) is 17.6 Å². The van der Waals surface area contributed by atoms with E-state index in [4.69, 9.17) is 5.11 Å². The predicted octanol–water partition coefficient (Wildman–Crippen LogP) is 3.12. The van der Waals surface area contributed by atoms with E-state index >= 15 is 0 Å². The SMILES string of the molecule is CC(C)(CCCO)CNC(=O)c1ccc(Br)cc1F. The van der Waals surface area contributed by atoms with Crippen LogP contribution in [0.5, 0.6) is 0 Å². The Hall–Kier alpha value is -0.940. The summed E-state index contributed by atoms with van der Waals surface area (Å²) in [6.45, 7) is 4.59. The Labute approximate surface area is 121 Å². The Bertz CT molecular complexity index is 449. The molecule has 1 aromatic rings. The van der Waals surface area contributed by atoms with Crippen LogP contribution in [-0.4, -0.2) is 24.2 Å². The second kappa shape index (κ2) is 7.01. The fourth-order valence-corrected chi connectivity index (χ4v) is 2.07. The number of hydrogen-bond acceptors (Lipinski definition) is 2. The van der Waals surface area contributed by atoms with Crippen molar-refractivity contribution in [2.24, 2.45) is 5.41 Å². The van der Waals surface area contributed by atoms with E-state index < -0.39 is 11.7 Å². The lowest BCUT2D eigenvalue weighted by Crippen LogP contribution is -2.34. The maximum absolute atomic E-state index is 13.6. The van der Waals surface area contributed by atoms with Crippen LogP contribution in [0.3, 0.4) is 0 Å². The number of hydrogen-bond donors (Lipinski definition) is 2.